The van der Waals surface area contributed by atoms with E-state index in [0.717, 1.165) is 23.2 Å². The summed E-state index contributed by atoms with van der Waals surface area (Å²) in [6.07, 6.45) is 0. The molecule has 2 aliphatic heterocycles. The number of ketones is 1. The number of halogens is 1. The molecule has 8 heteroatoms. The molecule has 0 spiro atoms. The lowest BCUT2D eigenvalue weighted by Gasteiger charge is -2.25. The van der Waals surface area contributed by atoms with Crippen molar-refractivity contribution in [3.63, 3.8) is 0 Å². The Hall–Kier alpha value is -2.19. The maximum absolute atomic E-state index is 13.0. The predicted octanol–water partition coefficient (Wildman–Crippen LogP) is 3.84. The van der Waals surface area contributed by atoms with E-state index < -0.39 is 0 Å². The van der Waals surface area contributed by atoms with Gasteiger partial charge in [0.15, 0.2) is 22.4 Å². The number of nitrogens with zero attached hydrogens (tertiary/aromatic N) is 2. The third kappa shape index (κ3) is 4.28. The molecule has 148 valence electrons. The van der Waals surface area contributed by atoms with Crippen LogP contribution in [0.15, 0.2) is 47.5 Å². The first-order chi connectivity index (χ1) is 13.3. The third-order valence-corrected chi connectivity index (χ3v) is 5.34. The number of hydrogen-bond acceptors (Lipinski definition) is 7. The van der Waals surface area contributed by atoms with Crippen LogP contribution in [-0.2, 0) is 0 Å². The van der Waals surface area contributed by atoms with Crippen LogP contribution in [0.5, 0.6) is 17.2 Å². The van der Waals surface area contributed by atoms with E-state index >= 15 is 0 Å². The standard InChI is InChI=1S/C20H20N2O4S.BrH/c1-24-17-5-3-2-4-15(17)22(20-21-8-11-27-20)13-16(23)14-6-7-18-19(12-14)26-10-9-25-18;/h2-7,12H,8-11,13H2,1H3;1H. The molecule has 0 amide bonds. The molecule has 0 N–H and O–H groups in total. The second kappa shape index (κ2) is 9.34. The van der Waals surface area contributed by atoms with Gasteiger partial charge in [-0.05, 0) is 30.3 Å². The van der Waals surface area contributed by atoms with Crippen molar-refractivity contribution in [2.45, 2.75) is 0 Å². The van der Waals surface area contributed by atoms with Gasteiger partial charge in [-0.15, -0.1) is 17.0 Å². The lowest BCUT2D eigenvalue weighted by Crippen LogP contribution is -2.33. The number of ether oxygens (including phenoxy) is 3. The van der Waals surface area contributed by atoms with Gasteiger partial charge >= 0.3 is 0 Å². The molecule has 2 heterocycles. The van der Waals surface area contributed by atoms with E-state index in [-0.39, 0.29) is 29.3 Å². The second-order valence-corrected chi connectivity index (χ2v) is 7.11. The van der Waals surface area contributed by atoms with Gasteiger partial charge in [-0.25, -0.2) is 0 Å². The molecule has 6 nitrogen and oxygen atoms in total. The highest BCUT2D eigenvalue weighted by atomic mass is 79.9. The predicted molar refractivity (Wildman–Crippen MR) is 117 cm³/mol. The maximum atomic E-state index is 13.0. The number of thioether (sulfide) groups is 1. The number of para-hydroxylation sites is 2. The molecular weight excluding hydrogens is 444 g/mol. The zero-order valence-corrected chi connectivity index (χ0v) is 18.0. The minimum absolute atomic E-state index is 0. The molecule has 0 bridgehead atoms. The second-order valence-electron chi connectivity index (χ2n) is 6.05. The lowest BCUT2D eigenvalue weighted by atomic mass is 10.1. The van der Waals surface area contributed by atoms with Gasteiger partial charge in [-0.1, -0.05) is 23.9 Å². The molecule has 0 aliphatic carbocycles. The fraction of sp³-hybridized carbons (Fsp3) is 0.300. The van der Waals surface area contributed by atoms with E-state index in [9.17, 15) is 4.79 Å². The largest absolute Gasteiger partial charge is 0.495 e. The molecule has 0 atom stereocenters. The Morgan fingerprint density at radius 1 is 1.18 bits per heavy atom. The van der Waals surface area contributed by atoms with Crippen LogP contribution in [0.3, 0.4) is 0 Å². The van der Waals surface area contributed by atoms with Crippen LogP contribution in [0.4, 0.5) is 5.69 Å². The number of carbonyl (C=O) groups is 1. The third-order valence-electron chi connectivity index (χ3n) is 4.34. The molecule has 0 fully saturated rings. The van der Waals surface area contributed by atoms with Gasteiger partial charge in [0, 0.05) is 11.3 Å². The van der Waals surface area contributed by atoms with Gasteiger partial charge in [-0.2, -0.15) is 0 Å². The molecule has 4 rings (SSSR count). The lowest BCUT2D eigenvalue weighted by molar-refractivity contribution is 0.100. The van der Waals surface area contributed by atoms with E-state index in [1.165, 1.54) is 0 Å². The molecule has 0 unspecified atom stereocenters. The minimum atomic E-state index is -0.0203. The van der Waals surface area contributed by atoms with E-state index in [0.29, 0.717) is 36.0 Å². The van der Waals surface area contributed by atoms with Crippen molar-refractivity contribution < 1.29 is 19.0 Å². The molecule has 28 heavy (non-hydrogen) atoms. The Labute approximate surface area is 178 Å². The highest BCUT2D eigenvalue weighted by molar-refractivity contribution is 8.93. The van der Waals surface area contributed by atoms with Gasteiger partial charge in [0.05, 0.1) is 25.9 Å². The Morgan fingerprint density at radius 2 is 1.96 bits per heavy atom. The van der Waals surface area contributed by atoms with E-state index in [1.54, 1.807) is 37.1 Å². The molecule has 2 aliphatic rings. The Kier molecular flexibility index (Phi) is 6.85. The van der Waals surface area contributed by atoms with Crippen LogP contribution >= 0.6 is 28.7 Å². The summed E-state index contributed by atoms with van der Waals surface area (Å²) >= 11 is 1.65. The highest BCUT2D eigenvalue weighted by Gasteiger charge is 2.24. The number of methoxy groups -OCH3 is 1. The van der Waals surface area contributed by atoms with Crippen molar-refractivity contribution >= 4 is 45.4 Å². The molecule has 0 radical (unpaired) electrons. The van der Waals surface area contributed by atoms with Crippen molar-refractivity contribution in [1.29, 1.82) is 0 Å². The summed E-state index contributed by atoms with van der Waals surface area (Å²) in [7, 11) is 1.63. The zero-order chi connectivity index (χ0) is 18.6. The number of benzene rings is 2. The van der Waals surface area contributed by atoms with Crippen molar-refractivity contribution in [3.8, 4) is 17.2 Å². The van der Waals surface area contributed by atoms with Gasteiger partial charge in [0.1, 0.15) is 19.0 Å². The van der Waals surface area contributed by atoms with Gasteiger partial charge < -0.3 is 19.1 Å². The van der Waals surface area contributed by atoms with Crippen LogP contribution in [0.1, 0.15) is 10.4 Å². The smallest absolute Gasteiger partial charge is 0.182 e. The average Bonchev–Trinajstić information content (AvgIpc) is 3.26. The minimum Gasteiger partial charge on any atom is -0.495 e. The van der Waals surface area contributed by atoms with E-state index in [1.807, 2.05) is 29.2 Å². The first-order valence-electron chi connectivity index (χ1n) is 8.77. The van der Waals surface area contributed by atoms with Crippen molar-refractivity contribution in [1.82, 2.24) is 0 Å². The highest BCUT2D eigenvalue weighted by Crippen LogP contribution is 2.33. The summed E-state index contributed by atoms with van der Waals surface area (Å²) in [5.41, 5.74) is 1.42. The summed E-state index contributed by atoms with van der Waals surface area (Å²) in [5, 5.41) is 0.838. The molecule has 0 saturated heterocycles. The number of hydrogen-bond donors (Lipinski definition) is 0. The SMILES string of the molecule is Br.COc1ccccc1N(CC(=O)c1ccc2c(c1)OCCO2)C1=NCCS1. The Morgan fingerprint density at radius 3 is 2.71 bits per heavy atom. The summed E-state index contributed by atoms with van der Waals surface area (Å²) in [6.45, 7) is 1.94. The fourth-order valence-corrected chi connectivity index (χ4v) is 3.91. The number of carbonyl (C=O) groups excluding carboxylic acids is 1. The molecular formula is C20H21BrN2O4S. The summed E-state index contributed by atoms with van der Waals surface area (Å²) in [4.78, 5) is 19.5. The molecule has 0 aromatic heterocycles. The number of rotatable bonds is 5. The number of anilines is 1. The van der Waals surface area contributed by atoms with Crippen molar-refractivity contribution in [2.24, 2.45) is 4.99 Å². The summed E-state index contributed by atoms with van der Waals surface area (Å²) < 4.78 is 16.6. The first kappa shape index (κ1) is 20.5. The van der Waals surface area contributed by atoms with Crippen molar-refractivity contribution in [3.05, 3.63) is 48.0 Å². The topological polar surface area (TPSA) is 60.4 Å². The van der Waals surface area contributed by atoms with Crippen LogP contribution < -0.4 is 19.1 Å². The number of aliphatic imine (C=N–C) groups is 1. The van der Waals surface area contributed by atoms with E-state index in [4.69, 9.17) is 14.2 Å². The fourth-order valence-electron chi connectivity index (χ4n) is 3.05. The monoisotopic (exact) mass is 464 g/mol. The van der Waals surface area contributed by atoms with E-state index in [2.05, 4.69) is 4.99 Å². The molecule has 2 aromatic carbocycles. The molecule has 0 saturated carbocycles. The number of fused-ring (bicyclic) bond motifs is 1. The summed E-state index contributed by atoms with van der Waals surface area (Å²) in [5.74, 6) is 2.90. The number of Topliss-reactive ketones (excluding diaryl/α,β-unsaturated/α-hetero) is 1. The van der Waals surface area contributed by atoms with Crippen LogP contribution in [0, 0.1) is 0 Å². The Bertz CT molecular complexity index is 890. The number of amidine groups is 1. The average molecular weight is 465 g/mol. The van der Waals surface area contributed by atoms with Crippen molar-refractivity contribution in [2.75, 3.05) is 44.1 Å². The van der Waals surface area contributed by atoms with Gasteiger partial charge in [0.2, 0.25) is 0 Å². The normalized spacial score (nSPS) is 14.7. The van der Waals surface area contributed by atoms with Gasteiger partial charge in [0.25, 0.3) is 0 Å². The Balaban J connectivity index is 0.00000225. The van der Waals surface area contributed by atoms with Crippen LogP contribution in [0.25, 0.3) is 0 Å². The van der Waals surface area contributed by atoms with Crippen LogP contribution in [-0.4, -0.2) is 50.1 Å². The van der Waals surface area contributed by atoms with Crippen LogP contribution in [0.2, 0.25) is 0 Å². The molecule has 2 aromatic rings. The van der Waals surface area contributed by atoms with Gasteiger partial charge in [-0.3, -0.25) is 9.79 Å². The summed E-state index contributed by atoms with van der Waals surface area (Å²) in [6, 6.07) is 13.0. The maximum Gasteiger partial charge on any atom is 0.182 e. The zero-order valence-electron chi connectivity index (χ0n) is 15.4. The quantitative estimate of drug-likeness (QED) is 0.626. The first-order valence-corrected chi connectivity index (χ1v) is 9.75.